The van der Waals surface area contributed by atoms with E-state index in [4.69, 9.17) is 0 Å². The average Bonchev–Trinajstić information content (AvgIpc) is 2.68. The molecule has 1 aliphatic heterocycles. The number of nitrogens with zero attached hydrogens (tertiary/aromatic N) is 2. The van der Waals surface area contributed by atoms with Crippen LogP contribution in [-0.2, 0) is 14.4 Å². The summed E-state index contributed by atoms with van der Waals surface area (Å²) in [6.45, 7) is 2.90. The van der Waals surface area contributed by atoms with Gasteiger partial charge in [-0.3, -0.25) is 19.3 Å². The Morgan fingerprint density at radius 2 is 1.71 bits per heavy atom. The first-order valence-corrected chi connectivity index (χ1v) is 7.13. The van der Waals surface area contributed by atoms with E-state index in [0.29, 0.717) is 4.90 Å². The second-order valence-corrected chi connectivity index (χ2v) is 5.66. The predicted molar refractivity (Wildman–Crippen MR) is 78.6 cm³/mol. The van der Waals surface area contributed by atoms with Gasteiger partial charge in [-0.15, -0.1) is 0 Å². The van der Waals surface area contributed by atoms with Gasteiger partial charge in [0.05, 0.1) is 0 Å². The number of amides is 5. The summed E-state index contributed by atoms with van der Waals surface area (Å²) in [5, 5.41) is 2.23. The van der Waals surface area contributed by atoms with Gasteiger partial charge in [-0.1, -0.05) is 13.8 Å². The highest BCUT2D eigenvalue weighted by atomic mass is 19.2. The molecule has 0 radical (unpaired) electrons. The number of hydrogen-bond acceptors (Lipinski definition) is 4. The molecule has 1 aromatic rings. The minimum Gasteiger partial charge on any atom is -0.324 e. The number of anilines is 1. The van der Waals surface area contributed by atoms with Crippen molar-refractivity contribution in [3.05, 3.63) is 29.8 Å². The van der Waals surface area contributed by atoms with Gasteiger partial charge < -0.3 is 5.32 Å². The summed E-state index contributed by atoms with van der Waals surface area (Å²) in [5.41, 5.74) is -0.0386. The van der Waals surface area contributed by atoms with Crippen molar-refractivity contribution in [1.82, 2.24) is 9.80 Å². The van der Waals surface area contributed by atoms with Crippen molar-refractivity contribution in [3.8, 4) is 0 Å². The lowest BCUT2D eigenvalue weighted by molar-refractivity contribution is -0.143. The van der Waals surface area contributed by atoms with E-state index < -0.39 is 41.9 Å². The van der Waals surface area contributed by atoms with Crippen molar-refractivity contribution in [1.29, 1.82) is 0 Å². The van der Waals surface area contributed by atoms with E-state index in [9.17, 15) is 28.0 Å². The van der Waals surface area contributed by atoms with Gasteiger partial charge in [0.25, 0.3) is 0 Å². The van der Waals surface area contributed by atoms with Crippen molar-refractivity contribution in [2.24, 2.45) is 5.92 Å². The monoisotopic (exact) mass is 339 g/mol. The van der Waals surface area contributed by atoms with Crippen LogP contribution < -0.4 is 5.32 Å². The Labute approximate surface area is 136 Å². The SMILES string of the molecule is CC(C)CN1C(=O)C(=O)N(CC(=O)Nc2ccc(F)c(F)c2)C1=O. The van der Waals surface area contributed by atoms with Crippen LogP contribution in [0.2, 0.25) is 0 Å². The van der Waals surface area contributed by atoms with Crippen LogP contribution in [0.5, 0.6) is 0 Å². The Morgan fingerprint density at radius 3 is 2.29 bits per heavy atom. The molecule has 0 saturated carbocycles. The van der Waals surface area contributed by atoms with Crippen molar-refractivity contribution >= 4 is 29.4 Å². The van der Waals surface area contributed by atoms with Gasteiger partial charge in [0.2, 0.25) is 5.91 Å². The number of nitrogens with one attached hydrogen (secondary N) is 1. The van der Waals surface area contributed by atoms with Crippen LogP contribution in [-0.4, -0.2) is 46.6 Å². The summed E-state index contributed by atoms with van der Waals surface area (Å²) in [6.07, 6.45) is 0. The molecule has 0 atom stereocenters. The second-order valence-electron chi connectivity index (χ2n) is 5.66. The molecule has 0 unspecified atom stereocenters. The zero-order valence-corrected chi connectivity index (χ0v) is 13.0. The molecule has 1 fully saturated rings. The summed E-state index contributed by atoms with van der Waals surface area (Å²) >= 11 is 0. The Hall–Kier alpha value is -2.84. The van der Waals surface area contributed by atoms with Crippen molar-refractivity contribution in [2.45, 2.75) is 13.8 Å². The summed E-state index contributed by atoms with van der Waals surface area (Å²) in [7, 11) is 0. The molecule has 7 nitrogen and oxygen atoms in total. The van der Waals surface area contributed by atoms with E-state index in [0.717, 1.165) is 23.1 Å². The van der Waals surface area contributed by atoms with E-state index in [1.165, 1.54) is 0 Å². The van der Waals surface area contributed by atoms with Crippen LogP contribution in [0.15, 0.2) is 18.2 Å². The van der Waals surface area contributed by atoms with Gasteiger partial charge in [-0.25, -0.2) is 18.5 Å². The molecule has 1 aromatic carbocycles. The Morgan fingerprint density at radius 1 is 1.08 bits per heavy atom. The second kappa shape index (κ2) is 6.73. The average molecular weight is 339 g/mol. The van der Waals surface area contributed by atoms with E-state index in [2.05, 4.69) is 5.32 Å². The Bertz CT molecular complexity index is 721. The maximum atomic E-state index is 13.1. The molecule has 2 rings (SSSR count). The molecule has 1 heterocycles. The highest BCUT2D eigenvalue weighted by molar-refractivity contribution is 6.45. The Kier molecular flexibility index (Phi) is 4.91. The molecule has 1 aliphatic rings. The first-order valence-electron chi connectivity index (χ1n) is 7.13. The number of hydrogen-bond donors (Lipinski definition) is 1. The third-order valence-electron chi connectivity index (χ3n) is 3.19. The Balaban J connectivity index is 2.05. The number of rotatable bonds is 5. The number of halogens is 2. The molecule has 1 saturated heterocycles. The van der Waals surface area contributed by atoms with Crippen LogP contribution >= 0.6 is 0 Å². The quantitative estimate of drug-likeness (QED) is 0.648. The van der Waals surface area contributed by atoms with E-state index in [1.807, 2.05) is 0 Å². The summed E-state index contributed by atoms with van der Waals surface area (Å²) < 4.78 is 25.9. The third kappa shape index (κ3) is 3.55. The van der Waals surface area contributed by atoms with E-state index in [1.54, 1.807) is 13.8 Å². The lowest BCUT2D eigenvalue weighted by atomic mass is 10.2. The highest BCUT2D eigenvalue weighted by Crippen LogP contribution is 2.16. The molecule has 5 amide bonds. The van der Waals surface area contributed by atoms with Crippen LogP contribution in [0, 0.1) is 17.6 Å². The zero-order valence-electron chi connectivity index (χ0n) is 13.0. The molecular formula is C15H15F2N3O4. The van der Waals surface area contributed by atoms with Crippen LogP contribution in [0.4, 0.5) is 19.3 Å². The summed E-state index contributed by atoms with van der Waals surface area (Å²) in [6, 6.07) is 1.83. The van der Waals surface area contributed by atoms with Crippen LogP contribution in [0.3, 0.4) is 0 Å². The van der Waals surface area contributed by atoms with Gasteiger partial charge in [0.1, 0.15) is 6.54 Å². The summed E-state index contributed by atoms with van der Waals surface area (Å²) in [5.74, 6) is -5.17. The summed E-state index contributed by atoms with van der Waals surface area (Å²) in [4.78, 5) is 48.8. The van der Waals surface area contributed by atoms with Gasteiger partial charge in [0, 0.05) is 18.3 Å². The molecule has 128 valence electrons. The van der Waals surface area contributed by atoms with Gasteiger partial charge in [-0.05, 0) is 18.1 Å². The maximum absolute atomic E-state index is 13.1. The molecule has 9 heteroatoms. The third-order valence-corrected chi connectivity index (χ3v) is 3.19. The highest BCUT2D eigenvalue weighted by Gasteiger charge is 2.45. The molecule has 0 bridgehead atoms. The minimum atomic E-state index is -1.15. The normalized spacial score (nSPS) is 14.8. The van der Waals surface area contributed by atoms with E-state index in [-0.39, 0.29) is 18.2 Å². The molecule has 0 spiro atoms. The minimum absolute atomic E-state index is 0.0386. The fraction of sp³-hybridized carbons (Fsp3) is 0.333. The smallest absolute Gasteiger partial charge is 0.324 e. The fourth-order valence-corrected chi connectivity index (χ4v) is 2.13. The number of urea groups is 1. The lowest BCUT2D eigenvalue weighted by Gasteiger charge is -2.16. The number of benzene rings is 1. The van der Waals surface area contributed by atoms with Crippen molar-refractivity contribution < 1.29 is 28.0 Å². The maximum Gasteiger partial charge on any atom is 0.334 e. The molecular weight excluding hydrogens is 324 g/mol. The van der Waals surface area contributed by atoms with E-state index >= 15 is 0 Å². The van der Waals surface area contributed by atoms with Gasteiger partial charge >= 0.3 is 17.8 Å². The van der Waals surface area contributed by atoms with Crippen molar-refractivity contribution in [2.75, 3.05) is 18.4 Å². The predicted octanol–water partition coefficient (Wildman–Crippen LogP) is 1.35. The van der Waals surface area contributed by atoms with Gasteiger partial charge in [0.15, 0.2) is 11.6 Å². The number of carbonyl (C=O) groups excluding carboxylic acids is 4. The first kappa shape index (κ1) is 17.5. The standard InChI is InChI=1S/C15H15F2N3O4/c1-8(2)6-19-13(22)14(23)20(15(19)24)7-12(21)18-9-3-4-10(16)11(17)5-9/h3-5,8H,6-7H2,1-2H3,(H,18,21). The number of carbonyl (C=O) groups is 4. The largest absolute Gasteiger partial charge is 0.334 e. The molecule has 1 N–H and O–H groups in total. The number of imide groups is 2. The van der Waals surface area contributed by atoms with Crippen molar-refractivity contribution in [3.63, 3.8) is 0 Å². The van der Waals surface area contributed by atoms with Crippen LogP contribution in [0.25, 0.3) is 0 Å². The van der Waals surface area contributed by atoms with Crippen LogP contribution in [0.1, 0.15) is 13.8 Å². The molecule has 0 aliphatic carbocycles. The topological polar surface area (TPSA) is 86.8 Å². The fourth-order valence-electron chi connectivity index (χ4n) is 2.13. The molecule has 0 aromatic heterocycles. The zero-order chi connectivity index (χ0) is 18.0. The van der Waals surface area contributed by atoms with Gasteiger partial charge in [-0.2, -0.15) is 0 Å². The lowest BCUT2D eigenvalue weighted by Crippen LogP contribution is -2.39. The molecule has 24 heavy (non-hydrogen) atoms. The first-order chi connectivity index (χ1) is 11.2.